The number of amides is 2. The van der Waals surface area contributed by atoms with E-state index in [1.54, 1.807) is 49.3 Å². The molecular weight excluding hydrogens is 476 g/mol. The van der Waals surface area contributed by atoms with Crippen LogP contribution in [0.5, 0.6) is 0 Å². The SMILES string of the molecule is CN(C)/C=N/S(=O)(=O)c1cc(NC(=O)Cc2ccccc2Cl)cc2c1CCN(C(=O)C1CC1)C2. The van der Waals surface area contributed by atoms with Gasteiger partial charge in [0.1, 0.15) is 6.34 Å². The van der Waals surface area contributed by atoms with Gasteiger partial charge in [0.15, 0.2) is 0 Å². The second kappa shape index (κ2) is 9.76. The molecule has 1 saturated carbocycles. The van der Waals surface area contributed by atoms with Crippen molar-refractivity contribution in [1.82, 2.24) is 9.80 Å². The Bertz CT molecular complexity index is 1260. The molecule has 0 saturated heterocycles. The molecule has 2 aromatic carbocycles. The van der Waals surface area contributed by atoms with Gasteiger partial charge in [-0.2, -0.15) is 8.42 Å². The minimum Gasteiger partial charge on any atom is -0.368 e. The summed E-state index contributed by atoms with van der Waals surface area (Å²) >= 11 is 6.17. The van der Waals surface area contributed by atoms with E-state index < -0.39 is 10.0 Å². The minimum absolute atomic E-state index is 0.0456. The summed E-state index contributed by atoms with van der Waals surface area (Å²) in [6, 6.07) is 10.3. The zero-order valence-corrected chi connectivity index (χ0v) is 20.7. The van der Waals surface area contributed by atoms with Crippen LogP contribution in [0.25, 0.3) is 0 Å². The Kier molecular flexibility index (Phi) is 6.95. The van der Waals surface area contributed by atoms with Gasteiger partial charge in [0.05, 0.1) is 11.3 Å². The van der Waals surface area contributed by atoms with Crippen molar-refractivity contribution >= 4 is 45.5 Å². The normalized spacial score (nSPS) is 15.8. The molecule has 2 aromatic rings. The Morgan fingerprint density at radius 2 is 1.97 bits per heavy atom. The maximum Gasteiger partial charge on any atom is 0.284 e. The lowest BCUT2D eigenvalue weighted by Gasteiger charge is -2.30. The highest BCUT2D eigenvalue weighted by Gasteiger charge is 2.36. The van der Waals surface area contributed by atoms with Gasteiger partial charge in [-0.15, -0.1) is 4.40 Å². The smallest absolute Gasteiger partial charge is 0.284 e. The molecule has 1 heterocycles. The van der Waals surface area contributed by atoms with Crippen molar-refractivity contribution in [3.63, 3.8) is 0 Å². The standard InChI is InChI=1S/C24H27ClN4O4S/c1-28(2)15-26-34(32,33)22-13-19(27-23(30)12-17-5-3-4-6-21(17)25)11-18-14-29(10-9-20(18)22)24(31)16-7-8-16/h3-6,11,13,15-16H,7-10,12,14H2,1-2H3,(H,27,30)/b26-15+. The van der Waals surface area contributed by atoms with E-state index in [0.29, 0.717) is 46.9 Å². The van der Waals surface area contributed by atoms with Gasteiger partial charge in [-0.05, 0) is 54.2 Å². The Hall–Kier alpha value is -2.91. The number of sulfonamides is 1. The van der Waals surface area contributed by atoms with Crippen molar-refractivity contribution in [3.8, 4) is 0 Å². The molecule has 1 N–H and O–H groups in total. The Labute approximate surface area is 204 Å². The highest BCUT2D eigenvalue weighted by atomic mass is 35.5. The molecule has 34 heavy (non-hydrogen) atoms. The summed E-state index contributed by atoms with van der Waals surface area (Å²) in [4.78, 5) is 28.7. The molecule has 2 aliphatic rings. The molecular formula is C24H27ClN4O4S. The fraction of sp³-hybridized carbons (Fsp3) is 0.375. The topological polar surface area (TPSA) is 99.2 Å². The first-order valence-corrected chi connectivity index (χ1v) is 12.9. The summed E-state index contributed by atoms with van der Waals surface area (Å²) in [5.74, 6) is -0.142. The van der Waals surface area contributed by atoms with Crippen molar-refractivity contribution in [3.05, 3.63) is 58.1 Å². The predicted octanol–water partition coefficient (Wildman–Crippen LogP) is 3.09. The van der Waals surface area contributed by atoms with Crippen LogP contribution in [0.15, 0.2) is 45.7 Å². The van der Waals surface area contributed by atoms with Gasteiger partial charge in [0.25, 0.3) is 10.0 Å². The largest absolute Gasteiger partial charge is 0.368 e. The van der Waals surface area contributed by atoms with Crippen LogP contribution >= 0.6 is 11.6 Å². The molecule has 1 aliphatic carbocycles. The van der Waals surface area contributed by atoms with E-state index in [-0.39, 0.29) is 29.0 Å². The fourth-order valence-electron chi connectivity index (χ4n) is 3.97. The third kappa shape index (κ3) is 5.59. The third-order valence-electron chi connectivity index (χ3n) is 5.82. The number of anilines is 1. The molecule has 0 aromatic heterocycles. The number of halogens is 1. The highest BCUT2D eigenvalue weighted by Crippen LogP contribution is 2.35. The summed E-state index contributed by atoms with van der Waals surface area (Å²) in [6.07, 6.45) is 3.49. The van der Waals surface area contributed by atoms with Gasteiger partial charge in [0.2, 0.25) is 11.8 Å². The lowest BCUT2D eigenvalue weighted by Crippen LogP contribution is -2.37. The second-order valence-corrected chi connectivity index (χ2v) is 10.9. The van der Waals surface area contributed by atoms with E-state index >= 15 is 0 Å². The number of carbonyl (C=O) groups is 2. The van der Waals surface area contributed by atoms with E-state index in [4.69, 9.17) is 11.6 Å². The Balaban J connectivity index is 1.66. The highest BCUT2D eigenvalue weighted by molar-refractivity contribution is 7.90. The fourth-order valence-corrected chi connectivity index (χ4v) is 5.42. The van der Waals surface area contributed by atoms with Crippen LogP contribution < -0.4 is 5.32 Å². The third-order valence-corrected chi connectivity index (χ3v) is 7.48. The number of nitrogens with one attached hydrogen (secondary N) is 1. The number of fused-ring (bicyclic) bond motifs is 1. The Morgan fingerprint density at radius 1 is 1.24 bits per heavy atom. The molecule has 1 fully saturated rings. The number of benzene rings is 2. The van der Waals surface area contributed by atoms with Crippen LogP contribution in [-0.2, 0) is 39.0 Å². The zero-order chi connectivity index (χ0) is 24.5. The van der Waals surface area contributed by atoms with Crippen LogP contribution in [0.1, 0.15) is 29.5 Å². The lowest BCUT2D eigenvalue weighted by molar-refractivity contribution is -0.133. The molecule has 4 rings (SSSR count). The van der Waals surface area contributed by atoms with Gasteiger partial charge in [-0.25, -0.2) is 0 Å². The predicted molar refractivity (Wildman–Crippen MR) is 131 cm³/mol. The maximum atomic E-state index is 13.1. The van der Waals surface area contributed by atoms with E-state index in [9.17, 15) is 18.0 Å². The summed E-state index contributed by atoms with van der Waals surface area (Å²) in [5, 5.41) is 3.28. The lowest BCUT2D eigenvalue weighted by atomic mass is 9.98. The van der Waals surface area contributed by atoms with Crippen LogP contribution in [0, 0.1) is 5.92 Å². The van der Waals surface area contributed by atoms with E-state index in [2.05, 4.69) is 9.71 Å². The average molecular weight is 503 g/mol. The van der Waals surface area contributed by atoms with Crippen molar-refractivity contribution in [2.75, 3.05) is 26.0 Å². The monoisotopic (exact) mass is 502 g/mol. The quantitative estimate of drug-likeness (QED) is 0.463. The van der Waals surface area contributed by atoms with Crippen LogP contribution in [0.4, 0.5) is 5.69 Å². The number of hydrogen-bond acceptors (Lipinski definition) is 4. The van der Waals surface area contributed by atoms with Crippen molar-refractivity contribution < 1.29 is 18.0 Å². The summed E-state index contributed by atoms with van der Waals surface area (Å²) in [6.45, 7) is 0.763. The maximum absolute atomic E-state index is 13.1. The van der Waals surface area contributed by atoms with E-state index in [1.165, 1.54) is 17.3 Å². The van der Waals surface area contributed by atoms with Gasteiger partial charge >= 0.3 is 0 Å². The van der Waals surface area contributed by atoms with Crippen LogP contribution in [0.2, 0.25) is 5.02 Å². The van der Waals surface area contributed by atoms with Gasteiger partial charge in [0, 0.05) is 43.8 Å². The van der Waals surface area contributed by atoms with Crippen molar-refractivity contribution in [2.45, 2.75) is 37.1 Å². The molecule has 0 atom stereocenters. The van der Waals surface area contributed by atoms with Crippen molar-refractivity contribution in [1.29, 1.82) is 0 Å². The number of nitrogens with zero attached hydrogens (tertiary/aromatic N) is 3. The van der Waals surface area contributed by atoms with E-state index in [0.717, 1.165) is 12.8 Å². The Morgan fingerprint density at radius 3 is 2.65 bits per heavy atom. The van der Waals surface area contributed by atoms with Gasteiger partial charge < -0.3 is 15.1 Å². The first-order valence-electron chi connectivity index (χ1n) is 11.1. The first-order chi connectivity index (χ1) is 16.1. The van der Waals surface area contributed by atoms with Gasteiger partial charge in [-0.1, -0.05) is 29.8 Å². The molecule has 180 valence electrons. The average Bonchev–Trinajstić information content (AvgIpc) is 3.63. The van der Waals surface area contributed by atoms with Crippen LogP contribution in [-0.4, -0.2) is 57.0 Å². The molecule has 0 spiro atoms. The first kappa shape index (κ1) is 24.2. The minimum atomic E-state index is -4.01. The van der Waals surface area contributed by atoms with E-state index in [1.807, 2.05) is 0 Å². The number of hydrogen-bond donors (Lipinski definition) is 1. The number of rotatable bonds is 7. The summed E-state index contributed by atoms with van der Waals surface area (Å²) in [5.41, 5.74) is 2.36. The molecule has 2 amide bonds. The van der Waals surface area contributed by atoms with Crippen LogP contribution in [0.3, 0.4) is 0 Å². The van der Waals surface area contributed by atoms with Gasteiger partial charge in [-0.3, -0.25) is 9.59 Å². The molecule has 10 heteroatoms. The molecule has 1 aliphatic heterocycles. The molecule has 0 radical (unpaired) electrons. The molecule has 8 nitrogen and oxygen atoms in total. The molecule has 0 unspecified atom stereocenters. The van der Waals surface area contributed by atoms with Crippen molar-refractivity contribution in [2.24, 2.45) is 10.3 Å². The number of carbonyl (C=O) groups excluding carboxylic acids is 2. The summed E-state index contributed by atoms with van der Waals surface area (Å²) < 4.78 is 29.9. The molecule has 0 bridgehead atoms. The summed E-state index contributed by atoms with van der Waals surface area (Å²) in [7, 11) is -0.647. The second-order valence-electron chi connectivity index (χ2n) is 8.87. The zero-order valence-electron chi connectivity index (χ0n) is 19.1.